The van der Waals surface area contributed by atoms with Crippen molar-refractivity contribution >= 4 is 10.9 Å². The van der Waals surface area contributed by atoms with Crippen molar-refractivity contribution in [2.24, 2.45) is 0 Å². The molecule has 0 aliphatic heterocycles. The maximum absolute atomic E-state index is 11.3. The highest BCUT2D eigenvalue weighted by molar-refractivity contribution is 7.70. The lowest BCUT2D eigenvalue weighted by molar-refractivity contribution is 0.576. The molecule has 6 heteroatoms. The Labute approximate surface area is 77.1 Å². The van der Waals surface area contributed by atoms with Crippen LogP contribution in [-0.4, -0.2) is 13.0 Å². The van der Waals surface area contributed by atoms with Crippen LogP contribution in [0.15, 0.2) is 23.1 Å². The first kappa shape index (κ1) is 9.94. The highest BCUT2D eigenvalue weighted by atomic mass is 32.2. The van der Waals surface area contributed by atoms with Gasteiger partial charge in [0, 0.05) is 11.8 Å². The standard InChI is InChI=1S/C7H10N2O3S/c1-6-3-2-4-9(7(6)10)5-8-13(11)12/h2-4,13H,5H2,1H3,(H,8,11,12). The third kappa shape index (κ3) is 2.67. The normalized spacial score (nSPS) is 10.6. The molecule has 1 aromatic rings. The third-order valence-electron chi connectivity index (χ3n) is 1.58. The predicted molar refractivity (Wildman–Crippen MR) is 48.9 cm³/mol. The largest absolute Gasteiger partial charge is 0.301 e. The first-order chi connectivity index (χ1) is 6.11. The second-order valence-corrected chi connectivity index (χ2v) is 3.37. The lowest BCUT2D eigenvalue weighted by Gasteiger charge is -2.03. The number of hydrogen-bond donors (Lipinski definition) is 2. The summed E-state index contributed by atoms with van der Waals surface area (Å²) < 4.78 is 23.8. The van der Waals surface area contributed by atoms with Crippen molar-refractivity contribution in [1.82, 2.24) is 9.29 Å². The molecule has 0 amide bonds. The van der Waals surface area contributed by atoms with Gasteiger partial charge in [0.25, 0.3) is 5.56 Å². The van der Waals surface area contributed by atoms with E-state index in [0.717, 1.165) is 0 Å². The highest BCUT2D eigenvalue weighted by Gasteiger charge is 1.96. The fourth-order valence-corrected chi connectivity index (χ4v) is 1.18. The Kier molecular flexibility index (Phi) is 3.21. The summed E-state index contributed by atoms with van der Waals surface area (Å²) >= 11 is 0. The van der Waals surface area contributed by atoms with Gasteiger partial charge in [0.1, 0.15) is 0 Å². The number of nitrogens with one attached hydrogen (secondary N) is 1. The monoisotopic (exact) mass is 202 g/mol. The number of hydrogen-bond acceptors (Lipinski definition) is 3. The summed E-state index contributed by atoms with van der Waals surface area (Å²) in [4.78, 5) is 11.3. The van der Waals surface area contributed by atoms with Crippen LogP contribution in [-0.2, 0) is 17.6 Å². The summed E-state index contributed by atoms with van der Waals surface area (Å²) in [6, 6.07) is 3.37. The summed E-state index contributed by atoms with van der Waals surface area (Å²) in [7, 11) is -2.66. The molecule has 0 aromatic carbocycles. The Balaban J connectivity index is 2.89. The maximum Gasteiger partial charge on any atom is 0.254 e. The van der Waals surface area contributed by atoms with Crippen LogP contribution in [0.5, 0.6) is 0 Å². The van der Waals surface area contributed by atoms with Crippen molar-refractivity contribution in [3.8, 4) is 0 Å². The zero-order valence-electron chi connectivity index (χ0n) is 7.06. The molecule has 0 spiro atoms. The van der Waals surface area contributed by atoms with Crippen molar-refractivity contribution in [2.45, 2.75) is 13.6 Å². The van der Waals surface area contributed by atoms with Gasteiger partial charge < -0.3 is 4.57 Å². The van der Waals surface area contributed by atoms with E-state index in [-0.39, 0.29) is 12.2 Å². The van der Waals surface area contributed by atoms with E-state index in [1.807, 2.05) is 0 Å². The Morgan fingerprint density at radius 3 is 2.85 bits per heavy atom. The van der Waals surface area contributed by atoms with Crippen LogP contribution >= 0.6 is 0 Å². The molecule has 0 bridgehead atoms. The van der Waals surface area contributed by atoms with E-state index in [1.165, 1.54) is 10.8 Å². The molecule has 1 heterocycles. The minimum absolute atomic E-state index is 0.0147. The molecule has 1 aromatic heterocycles. The van der Waals surface area contributed by atoms with E-state index < -0.39 is 10.9 Å². The molecule has 72 valence electrons. The highest BCUT2D eigenvalue weighted by Crippen LogP contribution is 1.87. The van der Waals surface area contributed by atoms with Crippen LogP contribution in [0.3, 0.4) is 0 Å². The van der Waals surface area contributed by atoms with Crippen molar-refractivity contribution in [3.05, 3.63) is 34.2 Å². The van der Waals surface area contributed by atoms with Gasteiger partial charge >= 0.3 is 0 Å². The SMILES string of the molecule is Cc1cccn(CN[SH](=O)=O)c1=O. The fraction of sp³-hybridized carbons (Fsp3) is 0.286. The van der Waals surface area contributed by atoms with E-state index in [1.54, 1.807) is 19.1 Å². The molecule has 0 unspecified atom stereocenters. The molecule has 5 nitrogen and oxygen atoms in total. The number of thiol groups is 1. The van der Waals surface area contributed by atoms with E-state index in [4.69, 9.17) is 0 Å². The van der Waals surface area contributed by atoms with Crippen LogP contribution in [0.25, 0.3) is 0 Å². The summed E-state index contributed by atoms with van der Waals surface area (Å²) in [5.41, 5.74) is 0.400. The maximum atomic E-state index is 11.3. The van der Waals surface area contributed by atoms with E-state index in [2.05, 4.69) is 4.72 Å². The third-order valence-corrected chi connectivity index (χ3v) is 1.98. The van der Waals surface area contributed by atoms with Gasteiger partial charge in [-0.3, -0.25) is 4.79 Å². The first-order valence-corrected chi connectivity index (χ1v) is 4.83. The van der Waals surface area contributed by atoms with Crippen LogP contribution in [0.4, 0.5) is 0 Å². The van der Waals surface area contributed by atoms with E-state index in [0.29, 0.717) is 5.56 Å². The Hall–Kier alpha value is -1.14. The second-order valence-electron chi connectivity index (χ2n) is 2.54. The average Bonchev–Trinajstić information content (AvgIpc) is 2.07. The fourth-order valence-electron chi connectivity index (χ4n) is 0.915. The first-order valence-electron chi connectivity index (χ1n) is 3.65. The van der Waals surface area contributed by atoms with Gasteiger partial charge in [0.15, 0.2) is 0 Å². The summed E-state index contributed by atoms with van der Waals surface area (Å²) in [6.07, 6.45) is 1.53. The second kappa shape index (κ2) is 4.20. The van der Waals surface area contributed by atoms with E-state index in [9.17, 15) is 13.2 Å². The Morgan fingerprint density at radius 1 is 1.54 bits per heavy atom. The smallest absolute Gasteiger partial charge is 0.254 e. The van der Waals surface area contributed by atoms with Gasteiger partial charge in [0.2, 0.25) is 10.9 Å². The minimum Gasteiger partial charge on any atom is -0.301 e. The van der Waals surface area contributed by atoms with Crippen LogP contribution in [0.1, 0.15) is 5.56 Å². The topological polar surface area (TPSA) is 68.2 Å². The lowest BCUT2D eigenvalue weighted by Crippen LogP contribution is -2.27. The molecule has 0 atom stereocenters. The molecule has 0 radical (unpaired) electrons. The van der Waals surface area contributed by atoms with Gasteiger partial charge in [-0.2, -0.15) is 4.72 Å². The number of pyridine rings is 1. The van der Waals surface area contributed by atoms with Gasteiger partial charge in [-0.05, 0) is 13.0 Å². The summed E-state index contributed by atoms with van der Waals surface area (Å²) in [6.45, 7) is 1.66. The molecule has 0 aliphatic rings. The Morgan fingerprint density at radius 2 is 2.23 bits per heavy atom. The molecule has 1 rings (SSSR count). The van der Waals surface area contributed by atoms with Crippen LogP contribution in [0.2, 0.25) is 0 Å². The molecule has 0 saturated heterocycles. The van der Waals surface area contributed by atoms with Gasteiger partial charge in [-0.15, -0.1) is 0 Å². The molecule has 0 aliphatic carbocycles. The zero-order chi connectivity index (χ0) is 9.84. The van der Waals surface area contributed by atoms with Gasteiger partial charge in [0.05, 0.1) is 6.67 Å². The quantitative estimate of drug-likeness (QED) is 0.632. The van der Waals surface area contributed by atoms with Crippen molar-refractivity contribution < 1.29 is 8.42 Å². The summed E-state index contributed by atoms with van der Waals surface area (Å²) in [5.74, 6) is 0. The van der Waals surface area contributed by atoms with E-state index >= 15 is 0 Å². The van der Waals surface area contributed by atoms with Gasteiger partial charge in [-0.25, -0.2) is 8.42 Å². The molecule has 1 N–H and O–H groups in total. The molecule has 13 heavy (non-hydrogen) atoms. The zero-order valence-corrected chi connectivity index (χ0v) is 7.95. The minimum atomic E-state index is -2.66. The summed E-state index contributed by atoms with van der Waals surface area (Å²) in [5, 5.41) is 0. The average molecular weight is 202 g/mol. The lowest BCUT2D eigenvalue weighted by atomic mass is 10.3. The predicted octanol–water partition coefficient (Wildman–Crippen LogP) is -0.770. The van der Waals surface area contributed by atoms with Crippen LogP contribution < -0.4 is 10.3 Å². The van der Waals surface area contributed by atoms with Crippen molar-refractivity contribution in [3.63, 3.8) is 0 Å². The number of nitrogens with zero attached hydrogens (tertiary/aromatic N) is 1. The molecule has 0 saturated carbocycles. The number of aryl methyl sites for hydroxylation is 1. The van der Waals surface area contributed by atoms with Crippen molar-refractivity contribution in [1.29, 1.82) is 0 Å². The number of rotatable bonds is 3. The molecular weight excluding hydrogens is 192 g/mol. The number of aromatic nitrogens is 1. The molecular formula is C7H10N2O3S. The molecule has 0 fully saturated rings. The van der Waals surface area contributed by atoms with Crippen molar-refractivity contribution in [2.75, 3.05) is 0 Å². The Bertz CT molecular complexity index is 414. The van der Waals surface area contributed by atoms with Crippen LogP contribution in [0, 0.1) is 6.92 Å². The van der Waals surface area contributed by atoms with Gasteiger partial charge in [-0.1, -0.05) is 6.07 Å².